The summed E-state index contributed by atoms with van der Waals surface area (Å²) in [4.78, 5) is 34.0. The molecule has 0 N–H and O–H groups in total. The molecule has 1 aliphatic carbocycles. The van der Waals surface area contributed by atoms with Crippen molar-refractivity contribution < 1.29 is 9.21 Å². The zero-order valence-electron chi connectivity index (χ0n) is 16.3. The normalized spacial score (nSPS) is 15.8. The first kappa shape index (κ1) is 19.4. The molecule has 8 heteroatoms. The average Bonchev–Trinajstić information content (AvgIpc) is 3.34. The van der Waals surface area contributed by atoms with E-state index in [-0.39, 0.29) is 37.5 Å². The second kappa shape index (κ2) is 8.21. The molecule has 1 aliphatic rings. The molecule has 0 saturated carbocycles. The van der Waals surface area contributed by atoms with Gasteiger partial charge in [0.25, 0.3) is 5.56 Å². The Balaban J connectivity index is 1.60. The van der Waals surface area contributed by atoms with Crippen LogP contribution in [0.4, 0.5) is 0 Å². The highest BCUT2D eigenvalue weighted by atomic mass is 32.1. The van der Waals surface area contributed by atoms with Crippen LogP contribution in [0.15, 0.2) is 33.9 Å². The minimum Gasteiger partial charge on any atom is -0.467 e. The van der Waals surface area contributed by atoms with Crippen LogP contribution in [0, 0.1) is 17.2 Å². The van der Waals surface area contributed by atoms with E-state index >= 15 is 0 Å². The Hall–Kier alpha value is -2.92. The first-order chi connectivity index (χ1) is 14.1. The lowest BCUT2D eigenvalue weighted by molar-refractivity contribution is -0.132. The van der Waals surface area contributed by atoms with Crippen LogP contribution in [0.3, 0.4) is 0 Å². The first-order valence-electron chi connectivity index (χ1n) is 9.73. The largest absolute Gasteiger partial charge is 0.467 e. The van der Waals surface area contributed by atoms with Crippen LogP contribution >= 0.6 is 11.3 Å². The van der Waals surface area contributed by atoms with Gasteiger partial charge in [0.15, 0.2) is 0 Å². The molecule has 0 aromatic carbocycles. The van der Waals surface area contributed by atoms with Crippen LogP contribution in [-0.4, -0.2) is 26.9 Å². The Labute approximate surface area is 172 Å². The topological polar surface area (TPSA) is 92.1 Å². The smallest absolute Gasteiger partial charge is 0.262 e. The van der Waals surface area contributed by atoms with Gasteiger partial charge in [-0.1, -0.05) is 6.92 Å². The highest BCUT2D eigenvalue weighted by Gasteiger charge is 2.24. The van der Waals surface area contributed by atoms with E-state index in [1.54, 1.807) is 34.6 Å². The maximum Gasteiger partial charge on any atom is 0.262 e. The van der Waals surface area contributed by atoms with E-state index < -0.39 is 0 Å². The quantitative estimate of drug-likeness (QED) is 0.623. The van der Waals surface area contributed by atoms with Gasteiger partial charge < -0.3 is 9.32 Å². The second-order valence-corrected chi connectivity index (χ2v) is 8.60. The van der Waals surface area contributed by atoms with Gasteiger partial charge in [-0.3, -0.25) is 14.2 Å². The highest BCUT2D eigenvalue weighted by molar-refractivity contribution is 7.18. The molecule has 0 bridgehead atoms. The molecule has 150 valence electrons. The van der Waals surface area contributed by atoms with Gasteiger partial charge in [-0.25, -0.2) is 4.98 Å². The summed E-state index contributed by atoms with van der Waals surface area (Å²) in [6.45, 7) is 2.68. The van der Waals surface area contributed by atoms with Crippen molar-refractivity contribution in [3.05, 3.63) is 51.3 Å². The number of furan rings is 1. The molecular formula is C21H22N4O3S. The number of thiophene rings is 1. The molecule has 3 heterocycles. The summed E-state index contributed by atoms with van der Waals surface area (Å²) in [5.41, 5.74) is 0.952. The van der Waals surface area contributed by atoms with E-state index in [4.69, 9.17) is 9.68 Å². The minimum absolute atomic E-state index is 0.102. The fraction of sp³-hybridized carbons (Fsp3) is 0.429. The van der Waals surface area contributed by atoms with Crippen LogP contribution in [0.1, 0.15) is 36.0 Å². The third kappa shape index (κ3) is 3.96. The number of nitrogens with zero attached hydrogens (tertiary/aromatic N) is 4. The van der Waals surface area contributed by atoms with Crippen LogP contribution in [-0.2, 0) is 30.7 Å². The van der Waals surface area contributed by atoms with Crippen molar-refractivity contribution in [2.75, 3.05) is 6.54 Å². The molecule has 0 unspecified atom stereocenters. The molecule has 0 fully saturated rings. The lowest BCUT2D eigenvalue weighted by Crippen LogP contribution is -2.36. The van der Waals surface area contributed by atoms with Crippen LogP contribution in [0.5, 0.6) is 0 Å². The van der Waals surface area contributed by atoms with Crippen molar-refractivity contribution >= 4 is 27.5 Å². The number of fused-ring (bicyclic) bond motifs is 3. The van der Waals surface area contributed by atoms with Crippen molar-refractivity contribution in [2.24, 2.45) is 5.92 Å². The van der Waals surface area contributed by atoms with Crippen molar-refractivity contribution in [2.45, 2.75) is 45.7 Å². The maximum atomic E-state index is 13.1. The molecule has 7 nitrogen and oxygen atoms in total. The van der Waals surface area contributed by atoms with E-state index in [1.165, 1.54) is 15.8 Å². The molecule has 0 saturated heterocycles. The predicted octanol–water partition coefficient (Wildman–Crippen LogP) is 3.12. The van der Waals surface area contributed by atoms with Gasteiger partial charge in [-0.05, 0) is 42.9 Å². The summed E-state index contributed by atoms with van der Waals surface area (Å²) in [5.74, 6) is 1.02. The number of nitriles is 1. The second-order valence-electron chi connectivity index (χ2n) is 7.51. The number of carbonyl (C=O) groups is 1. The Bertz CT molecular complexity index is 1120. The van der Waals surface area contributed by atoms with Crippen LogP contribution < -0.4 is 5.56 Å². The standard InChI is InChI=1S/C21H22N4O3S/c1-14-5-6-16-17(10-14)29-20-19(16)21(27)25(13-23-20)12-18(26)24(8-3-7-22)11-15-4-2-9-28-15/h2,4,9,13-14H,3,5-6,8,10-12H2,1H3/t14-/m0/s1. The fourth-order valence-electron chi connectivity index (χ4n) is 3.79. The Morgan fingerprint density at radius 2 is 2.38 bits per heavy atom. The molecule has 0 radical (unpaired) electrons. The molecule has 3 aromatic heterocycles. The lowest BCUT2D eigenvalue weighted by atomic mass is 9.89. The number of rotatable bonds is 6. The van der Waals surface area contributed by atoms with Crippen molar-refractivity contribution in [1.82, 2.24) is 14.5 Å². The maximum absolute atomic E-state index is 13.1. The van der Waals surface area contributed by atoms with Crippen LogP contribution in [0.2, 0.25) is 0 Å². The molecule has 1 atom stereocenters. The highest BCUT2D eigenvalue weighted by Crippen LogP contribution is 2.35. The molecule has 3 aromatic rings. The SMILES string of the molecule is C[C@H]1CCc2c(sc3ncn(CC(=O)N(CCC#N)Cc4ccco4)c(=O)c23)C1. The van der Waals surface area contributed by atoms with E-state index in [2.05, 4.69) is 18.0 Å². The summed E-state index contributed by atoms with van der Waals surface area (Å²) in [6, 6.07) is 5.60. The third-order valence-electron chi connectivity index (χ3n) is 5.36. The van der Waals surface area contributed by atoms with E-state index in [0.29, 0.717) is 17.1 Å². The Morgan fingerprint density at radius 1 is 1.52 bits per heavy atom. The van der Waals surface area contributed by atoms with Crippen molar-refractivity contribution in [1.29, 1.82) is 5.26 Å². The van der Waals surface area contributed by atoms with Gasteiger partial charge in [0, 0.05) is 11.4 Å². The van der Waals surface area contributed by atoms with Gasteiger partial charge in [-0.2, -0.15) is 5.26 Å². The van der Waals surface area contributed by atoms with Gasteiger partial charge in [0.05, 0.1) is 37.0 Å². The summed E-state index contributed by atoms with van der Waals surface area (Å²) in [5, 5.41) is 9.58. The van der Waals surface area contributed by atoms with Crippen LogP contribution in [0.25, 0.3) is 10.2 Å². The number of hydrogen-bond donors (Lipinski definition) is 0. The van der Waals surface area contributed by atoms with Gasteiger partial charge in [0.1, 0.15) is 17.1 Å². The number of hydrogen-bond acceptors (Lipinski definition) is 6. The van der Waals surface area contributed by atoms with E-state index in [0.717, 1.165) is 29.7 Å². The minimum atomic E-state index is -0.238. The number of aryl methyl sites for hydroxylation is 1. The average molecular weight is 410 g/mol. The molecule has 4 rings (SSSR count). The zero-order chi connectivity index (χ0) is 20.4. The molecule has 0 spiro atoms. The molecule has 29 heavy (non-hydrogen) atoms. The first-order valence-corrected chi connectivity index (χ1v) is 10.5. The van der Waals surface area contributed by atoms with Gasteiger partial charge in [0.2, 0.25) is 5.91 Å². The van der Waals surface area contributed by atoms with Gasteiger partial charge >= 0.3 is 0 Å². The number of carbonyl (C=O) groups excluding carboxylic acids is 1. The monoisotopic (exact) mass is 410 g/mol. The summed E-state index contributed by atoms with van der Waals surface area (Å²) >= 11 is 1.60. The van der Waals surface area contributed by atoms with E-state index in [9.17, 15) is 9.59 Å². The summed E-state index contributed by atoms with van der Waals surface area (Å²) in [7, 11) is 0. The van der Waals surface area contributed by atoms with E-state index in [1.807, 2.05) is 0 Å². The van der Waals surface area contributed by atoms with Crippen molar-refractivity contribution in [3.63, 3.8) is 0 Å². The number of amides is 1. The van der Waals surface area contributed by atoms with Crippen molar-refractivity contribution in [3.8, 4) is 6.07 Å². The third-order valence-corrected chi connectivity index (χ3v) is 6.52. The summed E-state index contributed by atoms with van der Waals surface area (Å²) in [6.07, 6.45) is 6.17. The summed E-state index contributed by atoms with van der Waals surface area (Å²) < 4.78 is 6.72. The lowest BCUT2D eigenvalue weighted by Gasteiger charge is -2.21. The zero-order valence-corrected chi connectivity index (χ0v) is 17.1. The Kier molecular flexibility index (Phi) is 5.49. The number of aromatic nitrogens is 2. The van der Waals surface area contributed by atoms with Gasteiger partial charge in [-0.15, -0.1) is 11.3 Å². The molecule has 1 amide bonds. The predicted molar refractivity (Wildman–Crippen MR) is 109 cm³/mol. The Morgan fingerprint density at radius 3 is 3.14 bits per heavy atom. The molecular weight excluding hydrogens is 388 g/mol. The fourth-order valence-corrected chi connectivity index (χ4v) is 5.13. The molecule has 0 aliphatic heterocycles.